The van der Waals surface area contributed by atoms with Gasteiger partial charge in [0, 0.05) is 29.8 Å². The number of anilines is 1. The molecular formula is C20H15F3N6O2. The number of rotatable bonds is 4. The molecule has 0 aliphatic heterocycles. The number of pyridine rings is 1. The highest BCUT2D eigenvalue weighted by molar-refractivity contribution is 6.04. The van der Waals surface area contributed by atoms with Gasteiger partial charge in [0.1, 0.15) is 17.2 Å². The number of aryl methyl sites for hydroxylation is 1. The summed E-state index contributed by atoms with van der Waals surface area (Å²) >= 11 is 0. The Morgan fingerprint density at radius 2 is 1.87 bits per heavy atom. The molecular weight excluding hydrogens is 413 g/mol. The number of aromatic amines is 1. The molecule has 0 aliphatic rings. The van der Waals surface area contributed by atoms with Gasteiger partial charge in [0.25, 0.3) is 11.8 Å². The fourth-order valence-corrected chi connectivity index (χ4v) is 3.17. The lowest BCUT2D eigenvalue weighted by molar-refractivity contribution is -0.137. The summed E-state index contributed by atoms with van der Waals surface area (Å²) in [6, 6.07) is 11.1. The fourth-order valence-electron chi connectivity index (χ4n) is 3.17. The molecule has 0 saturated carbocycles. The van der Waals surface area contributed by atoms with E-state index >= 15 is 0 Å². The van der Waals surface area contributed by atoms with Crippen molar-refractivity contribution in [2.45, 2.75) is 6.18 Å². The topological polar surface area (TPSA) is 119 Å². The highest BCUT2D eigenvalue weighted by atomic mass is 19.4. The number of fused-ring (bicyclic) bond motifs is 1. The summed E-state index contributed by atoms with van der Waals surface area (Å²) in [4.78, 5) is 30.8. The average molecular weight is 428 g/mol. The number of amides is 2. The zero-order valence-electron chi connectivity index (χ0n) is 16.0. The van der Waals surface area contributed by atoms with Gasteiger partial charge in [0.2, 0.25) is 0 Å². The average Bonchev–Trinajstić information content (AvgIpc) is 3.30. The van der Waals surface area contributed by atoms with Gasteiger partial charge >= 0.3 is 6.18 Å². The van der Waals surface area contributed by atoms with E-state index in [1.165, 1.54) is 42.1 Å². The molecule has 11 heteroatoms. The summed E-state index contributed by atoms with van der Waals surface area (Å²) in [6.07, 6.45) is -4.51. The van der Waals surface area contributed by atoms with E-state index in [0.717, 1.165) is 6.07 Å². The number of H-pyrrole nitrogens is 1. The second-order valence-electron chi connectivity index (χ2n) is 6.72. The Morgan fingerprint density at radius 1 is 1.13 bits per heavy atom. The molecule has 0 unspecified atom stereocenters. The quantitative estimate of drug-likeness (QED) is 0.462. The summed E-state index contributed by atoms with van der Waals surface area (Å²) in [5.74, 6) is -1.19. The van der Waals surface area contributed by atoms with Crippen molar-refractivity contribution in [2.75, 3.05) is 5.32 Å². The number of nitrogens with zero attached hydrogens (tertiary/aromatic N) is 3. The third-order valence-corrected chi connectivity index (χ3v) is 4.61. The minimum absolute atomic E-state index is 0.00699. The molecule has 0 atom stereocenters. The van der Waals surface area contributed by atoms with Crippen LogP contribution in [-0.4, -0.2) is 31.6 Å². The first-order chi connectivity index (χ1) is 14.6. The summed E-state index contributed by atoms with van der Waals surface area (Å²) in [7, 11) is 1.48. The van der Waals surface area contributed by atoms with E-state index in [-0.39, 0.29) is 28.5 Å². The molecule has 0 aliphatic carbocycles. The van der Waals surface area contributed by atoms with E-state index in [2.05, 4.69) is 20.4 Å². The van der Waals surface area contributed by atoms with Gasteiger partial charge in [-0.2, -0.15) is 18.3 Å². The molecule has 31 heavy (non-hydrogen) atoms. The van der Waals surface area contributed by atoms with E-state index in [0.29, 0.717) is 11.0 Å². The molecule has 4 rings (SSSR count). The van der Waals surface area contributed by atoms with Gasteiger partial charge in [-0.1, -0.05) is 18.2 Å². The Morgan fingerprint density at radius 3 is 2.55 bits per heavy atom. The third-order valence-electron chi connectivity index (χ3n) is 4.61. The minimum Gasteiger partial charge on any atom is -0.364 e. The number of carbonyl (C=O) groups is 2. The molecule has 0 bridgehead atoms. The number of benzene rings is 1. The molecule has 158 valence electrons. The van der Waals surface area contributed by atoms with E-state index in [4.69, 9.17) is 5.73 Å². The summed E-state index contributed by atoms with van der Waals surface area (Å²) < 4.78 is 41.2. The van der Waals surface area contributed by atoms with Gasteiger partial charge in [-0.3, -0.25) is 14.3 Å². The molecule has 4 N–H and O–H groups in total. The maximum atomic E-state index is 13.3. The van der Waals surface area contributed by atoms with Gasteiger partial charge in [-0.15, -0.1) is 0 Å². The van der Waals surface area contributed by atoms with Crippen molar-refractivity contribution in [3.05, 3.63) is 65.5 Å². The van der Waals surface area contributed by atoms with Crippen molar-refractivity contribution in [3.63, 3.8) is 0 Å². The van der Waals surface area contributed by atoms with Crippen LogP contribution in [0.15, 0.2) is 48.5 Å². The van der Waals surface area contributed by atoms with E-state index in [9.17, 15) is 22.8 Å². The molecule has 2 amide bonds. The first kappa shape index (κ1) is 20.1. The maximum absolute atomic E-state index is 13.3. The summed E-state index contributed by atoms with van der Waals surface area (Å²) in [6.45, 7) is 0. The molecule has 0 saturated heterocycles. The molecule has 0 fully saturated rings. The van der Waals surface area contributed by atoms with Crippen LogP contribution >= 0.6 is 0 Å². The van der Waals surface area contributed by atoms with Crippen LogP contribution in [0, 0.1) is 0 Å². The smallest absolute Gasteiger partial charge is 0.364 e. The van der Waals surface area contributed by atoms with Gasteiger partial charge < -0.3 is 16.0 Å². The maximum Gasteiger partial charge on any atom is 0.417 e. The second kappa shape index (κ2) is 7.27. The van der Waals surface area contributed by atoms with Crippen molar-refractivity contribution >= 4 is 28.7 Å². The molecule has 3 heterocycles. The van der Waals surface area contributed by atoms with Crippen molar-refractivity contribution in [2.24, 2.45) is 12.8 Å². The highest BCUT2D eigenvalue weighted by Gasteiger charge is 2.33. The first-order valence-electron chi connectivity index (χ1n) is 8.95. The van der Waals surface area contributed by atoms with Crippen LogP contribution in [-0.2, 0) is 13.2 Å². The zero-order valence-corrected chi connectivity index (χ0v) is 16.0. The number of halogens is 3. The lowest BCUT2D eigenvalue weighted by Crippen LogP contribution is -2.16. The van der Waals surface area contributed by atoms with Crippen LogP contribution in [0.1, 0.15) is 26.5 Å². The third kappa shape index (κ3) is 3.84. The van der Waals surface area contributed by atoms with Crippen molar-refractivity contribution in [3.8, 4) is 11.3 Å². The molecule has 3 aromatic heterocycles. The summed E-state index contributed by atoms with van der Waals surface area (Å²) in [5, 5.41) is 6.99. The SMILES string of the molecule is Cn1nc(C(N)=O)cc1C(=O)Nc1ccc2cc(-c3ccccc3C(F)(F)F)[nH]c2n1. The molecule has 8 nitrogen and oxygen atoms in total. The Labute approximate surface area is 172 Å². The molecule has 0 spiro atoms. The van der Waals surface area contributed by atoms with Gasteiger partial charge in [0.15, 0.2) is 5.69 Å². The van der Waals surface area contributed by atoms with Crippen LogP contribution in [0.4, 0.5) is 19.0 Å². The largest absolute Gasteiger partial charge is 0.417 e. The van der Waals surface area contributed by atoms with Crippen LogP contribution in [0.25, 0.3) is 22.3 Å². The van der Waals surface area contributed by atoms with Crippen LogP contribution in [0.3, 0.4) is 0 Å². The highest BCUT2D eigenvalue weighted by Crippen LogP contribution is 2.37. The first-order valence-corrected chi connectivity index (χ1v) is 8.95. The molecule has 4 aromatic rings. The van der Waals surface area contributed by atoms with Crippen molar-refractivity contribution < 1.29 is 22.8 Å². The number of nitrogens with two attached hydrogens (primary N) is 1. The lowest BCUT2D eigenvalue weighted by Gasteiger charge is -2.11. The van der Waals surface area contributed by atoms with Crippen LogP contribution < -0.4 is 11.1 Å². The van der Waals surface area contributed by atoms with E-state index < -0.39 is 23.6 Å². The number of hydrogen-bond donors (Lipinski definition) is 3. The van der Waals surface area contributed by atoms with Crippen LogP contribution in [0.2, 0.25) is 0 Å². The monoisotopic (exact) mass is 428 g/mol. The Bertz CT molecular complexity index is 1320. The van der Waals surface area contributed by atoms with Crippen LogP contribution in [0.5, 0.6) is 0 Å². The predicted molar refractivity (Wildman–Crippen MR) is 106 cm³/mol. The molecule has 0 radical (unpaired) electrons. The normalized spacial score (nSPS) is 11.6. The summed E-state index contributed by atoms with van der Waals surface area (Å²) in [5.41, 5.74) is 4.96. The minimum atomic E-state index is -4.51. The number of alkyl halides is 3. The second-order valence-corrected chi connectivity index (χ2v) is 6.72. The number of primary amides is 1. The van der Waals surface area contributed by atoms with Crippen molar-refractivity contribution in [1.82, 2.24) is 19.7 Å². The zero-order chi connectivity index (χ0) is 22.3. The standard InChI is InChI=1S/C20H15F3N6O2/c1-29-15(9-14(28-29)17(24)30)19(31)27-16-7-6-10-8-13(25-18(10)26-16)11-4-2-3-5-12(11)20(21,22)23/h2-9H,1H3,(H2,24,30)(H2,25,26,27,31). The Balaban J connectivity index is 1.65. The number of nitrogens with one attached hydrogen (secondary N) is 2. The predicted octanol–water partition coefficient (Wildman–Crippen LogP) is 3.33. The fraction of sp³-hybridized carbons (Fsp3) is 0.100. The lowest BCUT2D eigenvalue weighted by atomic mass is 10.0. The van der Waals surface area contributed by atoms with Gasteiger partial charge in [-0.05, 0) is 24.3 Å². The Hall–Kier alpha value is -4.15. The van der Waals surface area contributed by atoms with E-state index in [1.807, 2.05) is 0 Å². The Kier molecular flexibility index (Phi) is 4.72. The van der Waals surface area contributed by atoms with E-state index in [1.54, 1.807) is 12.1 Å². The number of carbonyl (C=O) groups excluding carboxylic acids is 2. The molecule has 1 aromatic carbocycles. The number of hydrogen-bond acceptors (Lipinski definition) is 4. The van der Waals surface area contributed by atoms with Crippen molar-refractivity contribution in [1.29, 1.82) is 0 Å². The number of aromatic nitrogens is 4. The van der Waals surface area contributed by atoms with Gasteiger partial charge in [-0.25, -0.2) is 4.98 Å². The van der Waals surface area contributed by atoms with Gasteiger partial charge in [0.05, 0.1) is 5.56 Å².